The highest BCUT2D eigenvalue weighted by atomic mass is 79.9. The first-order valence-corrected chi connectivity index (χ1v) is 7.99. The molecular formula is C15H19BrN4O. The van der Waals surface area contributed by atoms with Gasteiger partial charge >= 0.3 is 0 Å². The highest BCUT2D eigenvalue weighted by Crippen LogP contribution is 2.22. The molecule has 5 nitrogen and oxygen atoms in total. The zero-order valence-corrected chi connectivity index (χ0v) is 13.6. The SMILES string of the molecule is CC1CC(N)CCN1Cc1nnc(-c2ccc(Br)cc2)o1. The summed E-state index contributed by atoms with van der Waals surface area (Å²) >= 11 is 3.42. The van der Waals surface area contributed by atoms with E-state index in [-0.39, 0.29) is 0 Å². The van der Waals surface area contributed by atoms with Crippen LogP contribution in [0.25, 0.3) is 11.5 Å². The van der Waals surface area contributed by atoms with Gasteiger partial charge in [-0.15, -0.1) is 10.2 Å². The lowest BCUT2D eigenvalue weighted by atomic mass is 9.99. The second-order valence-electron chi connectivity index (χ2n) is 5.61. The number of hydrogen-bond donors (Lipinski definition) is 1. The van der Waals surface area contributed by atoms with E-state index in [1.54, 1.807) is 0 Å². The Morgan fingerprint density at radius 2 is 2.10 bits per heavy atom. The third-order valence-corrected chi connectivity index (χ3v) is 4.48. The number of rotatable bonds is 3. The fourth-order valence-corrected chi connectivity index (χ4v) is 2.96. The zero-order valence-electron chi connectivity index (χ0n) is 12.0. The van der Waals surface area contributed by atoms with E-state index >= 15 is 0 Å². The molecular weight excluding hydrogens is 332 g/mol. The lowest BCUT2D eigenvalue weighted by molar-refractivity contribution is 0.128. The molecule has 0 aliphatic carbocycles. The predicted octanol–water partition coefficient (Wildman–Crippen LogP) is 2.81. The average Bonchev–Trinajstić information content (AvgIpc) is 2.91. The molecule has 1 aliphatic rings. The fourth-order valence-electron chi connectivity index (χ4n) is 2.69. The Kier molecular flexibility index (Phi) is 4.37. The van der Waals surface area contributed by atoms with Crippen molar-refractivity contribution in [2.75, 3.05) is 6.54 Å². The van der Waals surface area contributed by atoms with Crippen molar-refractivity contribution in [3.05, 3.63) is 34.6 Å². The molecule has 2 unspecified atom stereocenters. The van der Waals surface area contributed by atoms with Gasteiger partial charge in [0.1, 0.15) is 0 Å². The van der Waals surface area contributed by atoms with Gasteiger partial charge in [0.25, 0.3) is 0 Å². The van der Waals surface area contributed by atoms with Gasteiger partial charge in [-0.2, -0.15) is 0 Å². The number of nitrogens with zero attached hydrogens (tertiary/aromatic N) is 3. The largest absolute Gasteiger partial charge is 0.419 e. The Hall–Kier alpha value is -1.24. The summed E-state index contributed by atoms with van der Waals surface area (Å²) in [6.07, 6.45) is 2.05. The predicted molar refractivity (Wildman–Crippen MR) is 84.5 cm³/mol. The maximum absolute atomic E-state index is 5.99. The quantitative estimate of drug-likeness (QED) is 0.921. The zero-order chi connectivity index (χ0) is 14.8. The first-order chi connectivity index (χ1) is 10.1. The highest BCUT2D eigenvalue weighted by Gasteiger charge is 2.24. The van der Waals surface area contributed by atoms with Crippen molar-refractivity contribution in [2.24, 2.45) is 5.73 Å². The number of piperidine rings is 1. The molecule has 1 aliphatic heterocycles. The van der Waals surface area contributed by atoms with Gasteiger partial charge in [-0.3, -0.25) is 4.90 Å². The van der Waals surface area contributed by atoms with Crippen LogP contribution >= 0.6 is 15.9 Å². The van der Waals surface area contributed by atoms with Gasteiger partial charge in [0.05, 0.1) is 6.54 Å². The molecule has 1 aromatic carbocycles. The average molecular weight is 351 g/mol. The van der Waals surface area contributed by atoms with Gasteiger partial charge in [0, 0.05) is 28.7 Å². The van der Waals surface area contributed by atoms with Gasteiger partial charge in [-0.1, -0.05) is 15.9 Å². The molecule has 0 amide bonds. The standard InChI is InChI=1S/C15H19BrN4O/c1-10-8-13(17)6-7-20(10)9-14-18-19-15(21-14)11-2-4-12(16)5-3-11/h2-5,10,13H,6-9,17H2,1H3. The monoisotopic (exact) mass is 350 g/mol. The van der Waals surface area contributed by atoms with E-state index in [4.69, 9.17) is 10.2 Å². The topological polar surface area (TPSA) is 68.2 Å². The molecule has 1 aromatic heterocycles. The normalized spacial score (nSPS) is 23.4. The first-order valence-electron chi connectivity index (χ1n) is 7.20. The van der Waals surface area contributed by atoms with Crippen LogP contribution in [-0.2, 0) is 6.54 Å². The maximum atomic E-state index is 5.99. The molecule has 2 atom stereocenters. The minimum absolute atomic E-state index is 0.317. The third-order valence-electron chi connectivity index (χ3n) is 3.95. The lowest BCUT2D eigenvalue weighted by Crippen LogP contribution is -2.45. The minimum Gasteiger partial charge on any atom is -0.419 e. The van der Waals surface area contributed by atoms with Crippen LogP contribution in [0.2, 0.25) is 0 Å². The number of likely N-dealkylation sites (tertiary alicyclic amines) is 1. The molecule has 1 fully saturated rings. The van der Waals surface area contributed by atoms with Crippen molar-refractivity contribution in [1.82, 2.24) is 15.1 Å². The van der Waals surface area contributed by atoms with Crippen molar-refractivity contribution in [2.45, 2.75) is 38.4 Å². The number of nitrogens with two attached hydrogens (primary N) is 1. The minimum atomic E-state index is 0.317. The van der Waals surface area contributed by atoms with E-state index in [1.165, 1.54) is 0 Å². The number of aromatic nitrogens is 2. The summed E-state index contributed by atoms with van der Waals surface area (Å²) in [5.41, 5.74) is 6.93. The van der Waals surface area contributed by atoms with Crippen LogP contribution < -0.4 is 5.73 Å². The Morgan fingerprint density at radius 1 is 1.33 bits per heavy atom. The fraction of sp³-hybridized carbons (Fsp3) is 0.467. The second kappa shape index (κ2) is 6.25. The third kappa shape index (κ3) is 3.51. The van der Waals surface area contributed by atoms with E-state index < -0.39 is 0 Å². The highest BCUT2D eigenvalue weighted by molar-refractivity contribution is 9.10. The van der Waals surface area contributed by atoms with E-state index in [1.807, 2.05) is 24.3 Å². The van der Waals surface area contributed by atoms with Gasteiger partial charge < -0.3 is 10.2 Å². The summed E-state index contributed by atoms with van der Waals surface area (Å²) in [7, 11) is 0. The van der Waals surface area contributed by atoms with Crippen molar-refractivity contribution in [1.29, 1.82) is 0 Å². The molecule has 6 heteroatoms. The molecule has 1 saturated heterocycles. The van der Waals surface area contributed by atoms with Gasteiger partial charge in [-0.25, -0.2) is 0 Å². The summed E-state index contributed by atoms with van der Waals surface area (Å²) in [5.74, 6) is 1.23. The molecule has 0 saturated carbocycles. The Labute approximate surface area is 132 Å². The van der Waals surface area contributed by atoms with Crippen LogP contribution in [-0.4, -0.2) is 33.7 Å². The Bertz CT molecular complexity index is 598. The van der Waals surface area contributed by atoms with Crippen molar-refractivity contribution in [3.63, 3.8) is 0 Å². The molecule has 112 valence electrons. The second-order valence-corrected chi connectivity index (χ2v) is 6.53. The smallest absolute Gasteiger partial charge is 0.247 e. The summed E-state index contributed by atoms with van der Waals surface area (Å²) < 4.78 is 6.81. The van der Waals surface area contributed by atoms with E-state index in [9.17, 15) is 0 Å². The molecule has 2 N–H and O–H groups in total. The van der Waals surface area contributed by atoms with Crippen LogP contribution in [0.5, 0.6) is 0 Å². The molecule has 3 rings (SSSR count). The van der Waals surface area contributed by atoms with Crippen molar-refractivity contribution >= 4 is 15.9 Å². The molecule has 0 spiro atoms. The molecule has 0 radical (unpaired) electrons. The van der Waals surface area contributed by atoms with E-state index in [0.29, 0.717) is 30.4 Å². The summed E-state index contributed by atoms with van der Waals surface area (Å²) in [6, 6.07) is 8.63. The Morgan fingerprint density at radius 3 is 2.81 bits per heavy atom. The van der Waals surface area contributed by atoms with Crippen molar-refractivity contribution in [3.8, 4) is 11.5 Å². The van der Waals surface area contributed by atoms with Crippen LogP contribution in [0.3, 0.4) is 0 Å². The van der Waals surface area contributed by atoms with E-state index in [0.717, 1.165) is 29.4 Å². The van der Waals surface area contributed by atoms with E-state index in [2.05, 4.69) is 38.0 Å². The molecule has 21 heavy (non-hydrogen) atoms. The lowest BCUT2D eigenvalue weighted by Gasteiger charge is -2.35. The van der Waals surface area contributed by atoms with Crippen LogP contribution in [0.4, 0.5) is 0 Å². The number of hydrogen-bond acceptors (Lipinski definition) is 5. The summed E-state index contributed by atoms with van der Waals surface area (Å²) in [6.45, 7) is 3.88. The van der Waals surface area contributed by atoms with Crippen LogP contribution in [0.15, 0.2) is 33.2 Å². The van der Waals surface area contributed by atoms with Crippen LogP contribution in [0.1, 0.15) is 25.7 Å². The van der Waals surface area contributed by atoms with Gasteiger partial charge in [-0.05, 0) is 44.0 Å². The Balaban J connectivity index is 1.69. The summed E-state index contributed by atoms with van der Waals surface area (Å²) in [5, 5.41) is 8.30. The molecule has 2 heterocycles. The van der Waals surface area contributed by atoms with Gasteiger partial charge in [0.15, 0.2) is 0 Å². The summed E-state index contributed by atoms with van der Waals surface area (Å²) in [4.78, 5) is 2.35. The molecule has 0 bridgehead atoms. The first kappa shape index (κ1) is 14.7. The van der Waals surface area contributed by atoms with Gasteiger partial charge in [0.2, 0.25) is 11.8 Å². The maximum Gasteiger partial charge on any atom is 0.247 e. The molecule has 2 aromatic rings. The van der Waals surface area contributed by atoms with Crippen molar-refractivity contribution < 1.29 is 4.42 Å². The van der Waals surface area contributed by atoms with Crippen LogP contribution in [0, 0.1) is 0 Å². The number of halogens is 1. The number of benzene rings is 1.